The SMILES string of the molecule is CCCCCn1c(=O)[nH]c2cc(C(=O)N3CCN(c4cccc(C)c4)[C@@H](C)C3)ccc2c1=O. The molecule has 0 bridgehead atoms. The zero-order valence-electron chi connectivity index (χ0n) is 19.6. The smallest absolute Gasteiger partial charge is 0.328 e. The Bertz CT molecular complexity index is 1280. The van der Waals surface area contributed by atoms with E-state index in [2.05, 4.69) is 54.9 Å². The summed E-state index contributed by atoms with van der Waals surface area (Å²) in [5, 5.41) is 0.431. The molecule has 1 aliphatic rings. The van der Waals surface area contributed by atoms with Gasteiger partial charge in [0.15, 0.2) is 0 Å². The van der Waals surface area contributed by atoms with Crippen molar-refractivity contribution in [3.63, 3.8) is 0 Å². The lowest BCUT2D eigenvalue weighted by Gasteiger charge is -2.41. The van der Waals surface area contributed by atoms with Gasteiger partial charge in [-0.1, -0.05) is 31.9 Å². The molecule has 1 amide bonds. The molecule has 4 rings (SSSR count). The van der Waals surface area contributed by atoms with Crippen molar-refractivity contribution in [1.82, 2.24) is 14.5 Å². The number of piperazine rings is 1. The second-order valence-electron chi connectivity index (χ2n) is 8.99. The van der Waals surface area contributed by atoms with Crippen LogP contribution in [0, 0.1) is 6.92 Å². The Kier molecular flexibility index (Phi) is 6.67. The molecule has 1 atom stereocenters. The molecule has 0 saturated carbocycles. The van der Waals surface area contributed by atoms with E-state index in [1.807, 2.05) is 4.90 Å². The largest absolute Gasteiger partial charge is 0.365 e. The summed E-state index contributed by atoms with van der Waals surface area (Å²) >= 11 is 0. The molecule has 0 spiro atoms. The van der Waals surface area contributed by atoms with E-state index < -0.39 is 5.69 Å². The van der Waals surface area contributed by atoms with Crippen molar-refractivity contribution in [2.75, 3.05) is 24.5 Å². The molecule has 1 aromatic heterocycles. The Hall–Kier alpha value is -3.35. The number of fused-ring (bicyclic) bond motifs is 1. The van der Waals surface area contributed by atoms with Crippen LogP contribution in [0.4, 0.5) is 5.69 Å². The summed E-state index contributed by atoms with van der Waals surface area (Å²) in [6.07, 6.45) is 2.77. The molecular formula is C26H32N4O3. The molecule has 1 fully saturated rings. The standard InChI is InChI=1S/C26H32N4O3/c1-4-5-6-12-30-25(32)22-11-10-20(16-23(22)27-26(30)33)24(31)28-13-14-29(19(3)17-28)21-9-7-8-18(2)15-21/h7-11,15-16,19H,4-6,12-14,17H2,1-3H3,(H,27,33)/t19-/m0/s1. The molecule has 7 nitrogen and oxygen atoms in total. The molecule has 33 heavy (non-hydrogen) atoms. The molecule has 7 heteroatoms. The van der Waals surface area contributed by atoms with E-state index in [1.165, 1.54) is 15.8 Å². The number of hydrogen-bond donors (Lipinski definition) is 1. The number of unbranched alkanes of at least 4 members (excludes halogenated alkanes) is 2. The Labute approximate surface area is 193 Å². The van der Waals surface area contributed by atoms with E-state index in [-0.39, 0.29) is 17.5 Å². The van der Waals surface area contributed by atoms with Crippen LogP contribution in [0.1, 0.15) is 49.0 Å². The summed E-state index contributed by atoms with van der Waals surface area (Å²) < 4.78 is 1.26. The lowest BCUT2D eigenvalue weighted by molar-refractivity contribution is 0.0726. The number of nitrogens with one attached hydrogen (secondary N) is 1. The van der Waals surface area contributed by atoms with Crippen LogP contribution < -0.4 is 16.1 Å². The zero-order valence-corrected chi connectivity index (χ0v) is 19.6. The first kappa shape index (κ1) is 22.8. The predicted molar refractivity (Wildman–Crippen MR) is 132 cm³/mol. The molecule has 2 aromatic carbocycles. The highest BCUT2D eigenvalue weighted by Crippen LogP contribution is 2.23. The number of amides is 1. The van der Waals surface area contributed by atoms with Crippen LogP contribution in [-0.2, 0) is 6.54 Å². The van der Waals surface area contributed by atoms with Crippen molar-refractivity contribution in [3.8, 4) is 0 Å². The van der Waals surface area contributed by atoms with Gasteiger partial charge < -0.3 is 14.8 Å². The fourth-order valence-corrected chi connectivity index (χ4v) is 4.63. The number of aromatic nitrogens is 2. The van der Waals surface area contributed by atoms with Gasteiger partial charge in [0.05, 0.1) is 10.9 Å². The average molecular weight is 449 g/mol. The molecule has 0 aliphatic carbocycles. The summed E-state index contributed by atoms with van der Waals surface area (Å²) in [6.45, 7) is 8.67. The van der Waals surface area contributed by atoms with Gasteiger partial charge in [-0.05, 0) is 56.2 Å². The van der Waals surface area contributed by atoms with Gasteiger partial charge in [0.1, 0.15) is 0 Å². The van der Waals surface area contributed by atoms with Gasteiger partial charge in [-0.15, -0.1) is 0 Å². The van der Waals surface area contributed by atoms with Gasteiger partial charge in [0.2, 0.25) is 0 Å². The molecule has 2 heterocycles. The van der Waals surface area contributed by atoms with Crippen molar-refractivity contribution < 1.29 is 4.79 Å². The maximum absolute atomic E-state index is 13.2. The molecule has 0 unspecified atom stereocenters. The molecule has 1 aliphatic heterocycles. The van der Waals surface area contributed by atoms with Crippen LogP contribution >= 0.6 is 0 Å². The molecule has 0 radical (unpaired) electrons. The van der Waals surface area contributed by atoms with Gasteiger partial charge in [-0.2, -0.15) is 0 Å². The number of anilines is 1. The second kappa shape index (κ2) is 9.65. The third kappa shape index (κ3) is 4.72. The Morgan fingerprint density at radius 1 is 1.09 bits per heavy atom. The number of hydrogen-bond acceptors (Lipinski definition) is 4. The summed E-state index contributed by atoms with van der Waals surface area (Å²) in [6, 6.07) is 13.6. The Morgan fingerprint density at radius 3 is 2.64 bits per heavy atom. The molecule has 1 saturated heterocycles. The Morgan fingerprint density at radius 2 is 1.91 bits per heavy atom. The monoisotopic (exact) mass is 448 g/mol. The first-order chi connectivity index (χ1) is 15.9. The van der Waals surface area contributed by atoms with Crippen LogP contribution in [0.5, 0.6) is 0 Å². The average Bonchev–Trinajstić information content (AvgIpc) is 2.80. The van der Waals surface area contributed by atoms with Crippen LogP contribution in [0.2, 0.25) is 0 Å². The van der Waals surface area contributed by atoms with E-state index in [4.69, 9.17) is 0 Å². The van der Waals surface area contributed by atoms with E-state index in [9.17, 15) is 14.4 Å². The normalized spacial score (nSPS) is 16.4. The Balaban J connectivity index is 1.53. The van der Waals surface area contributed by atoms with Crippen LogP contribution in [0.15, 0.2) is 52.1 Å². The van der Waals surface area contributed by atoms with Gasteiger partial charge in [0.25, 0.3) is 11.5 Å². The summed E-state index contributed by atoms with van der Waals surface area (Å²) in [5.74, 6) is -0.0828. The minimum absolute atomic E-state index is 0.0828. The van der Waals surface area contributed by atoms with Gasteiger partial charge in [0, 0.05) is 43.5 Å². The fourth-order valence-electron chi connectivity index (χ4n) is 4.63. The van der Waals surface area contributed by atoms with Crippen LogP contribution in [0.3, 0.4) is 0 Å². The van der Waals surface area contributed by atoms with E-state index in [0.29, 0.717) is 36.1 Å². The minimum Gasteiger partial charge on any atom is -0.365 e. The highest BCUT2D eigenvalue weighted by molar-refractivity contribution is 5.97. The fraction of sp³-hybridized carbons (Fsp3) is 0.423. The number of aryl methyl sites for hydroxylation is 1. The van der Waals surface area contributed by atoms with Gasteiger partial charge in [-0.25, -0.2) is 4.79 Å². The summed E-state index contributed by atoms with van der Waals surface area (Å²) in [4.78, 5) is 45.5. The van der Waals surface area contributed by atoms with Crippen molar-refractivity contribution in [2.45, 2.75) is 52.6 Å². The van der Waals surface area contributed by atoms with Crippen LogP contribution in [0.25, 0.3) is 10.9 Å². The third-order valence-corrected chi connectivity index (χ3v) is 6.46. The van der Waals surface area contributed by atoms with Gasteiger partial charge >= 0.3 is 5.69 Å². The van der Waals surface area contributed by atoms with Crippen molar-refractivity contribution in [3.05, 3.63) is 74.4 Å². The quantitative estimate of drug-likeness (QED) is 0.585. The maximum atomic E-state index is 13.2. The summed E-state index contributed by atoms with van der Waals surface area (Å²) in [7, 11) is 0. The number of nitrogens with zero attached hydrogens (tertiary/aromatic N) is 3. The van der Waals surface area contributed by atoms with Crippen molar-refractivity contribution in [1.29, 1.82) is 0 Å². The highest BCUT2D eigenvalue weighted by atomic mass is 16.2. The van der Waals surface area contributed by atoms with Crippen LogP contribution in [-0.4, -0.2) is 46.0 Å². The molecular weight excluding hydrogens is 416 g/mol. The topological polar surface area (TPSA) is 78.4 Å². The first-order valence-electron chi connectivity index (χ1n) is 11.8. The molecule has 1 N–H and O–H groups in total. The van der Waals surface area contributed by atoms with Crippen molar-refractivity contribution in [2.24, 2.45) is 0 Å². The summed E-state index contributed by atoms with van der Waals surface area (Å²) in [5.41, 5.74) is 2.56. The van der Waals surface area contributed by atoms with Crippen molar-refractivity contribution >= 4 is 22.5 Å². The van der Waals surface area contributed by atoms with E-state index in [1.54, 1.807) is 18.2 Å². The lowest BCUT2D eigenvalue weighted by atomic mass is 10.1. The number of rotatable bonds is 6. The molecule has 174 valence electrons. The number of H-pyrrole nitrogens is 1. The number of carbonyl (C=O) groups excluding carboxylic acids is 1. The number of benzene rings is 2. The first-order valence-corrected chi connectivity index (χ1v) is 11.8. The maximum Gasteiger partial charge on any atom is 0.328 e. The predicted octanol–water partition coefficient (Wildman–Crippen LogP) is 3.54. The molecule has 3 aromatic rings. The third-order valence-electron chi connectivity index (χ3n) is 6.46. The second-order valence-corrected chi connectivity index (χ2v) is 8.99. The number of aromatic amines is 1. The number of carbonyl (C=O) groups is 1. The van der Waals surface area contributed by atoms with E-state index in [0.717, 1.165) is 25.8 Å². The van der Waals surface area contributed by atoms with E-state index >= 15 is 0 Å². The highest BCUT2D eigenvalue weighted by Gasteiger charge is 2.27. The minimum atomic E-state index is -0.423. The lowest BCUT2D eigenvalue weighted by Crippen LogP contribution is -2.53. The zero-order chi connectivity index (χ0) is 23.5. The van der Waals surface area contributed by atoms with Gasteiger partial charge in [-0.3, -0.25) is 14.2 Å².